The Morgan fingerprint density at radius 2 is 2.00 bits per heavy atom. The van der Waals surface area contributed by atoms with Gasteiger partial charge in [-0.15, -0.1) is 10.2 Å². The molecular formula is C21H27N5O2S. The number of amides is 2. The number of carbonyl (C=O) groups excluding carboxylic acids is 2. The lowest BCUT2D eigenvalue weighted by Crippen LogP contribution is -2.46. The van der Waals surface area contributed by atoms with E-state index < -0.39 is 0 Å². The molecule has 1 aromatic heterocycles. The number of rotatable bonds is 7. The number of hydrogen-bond donors (Lipinski definition) is 1. The Morgan fingerprint density at radius 1 is 1.21 bits per heavy atom. The van der Waals surface area contributed by atoms with Crippen LogP contribution in [0.3, 0.4) is 0 Å². The fourth-order valence-corrected chi connectivity index (χ4v) is 4.96. The zero-order valence-corrected chi connectivity index (χ0v) is 17.5. The second-order valence-corrected chi connectivity index (χ2v) is 8.74. The van der Waals surface area contributed by atoms with Crippen LogP contribution in [0.4, 0.5) is 10.3 Å². The molecule has 2 amide bonds. The van der Waals surface area contributed by atoms with Crippen molar-refractivity contribution in [3.8, 4) is 0 Å². The van der Waals surface area contributed by atoms with Gasteiger partial charge in [0.1, 0.15) is 6.04 Å². The van der Waals surface area contributed by atoms with Gasteiger partial charge in [0.2, 0.25) is 22.1 Å². The van der Waals surface area contributed by atoms with Crippen molar-refractivity contribution in [2.75, 3.05) is 22.9 Å². The van der Waals surface area contributed by atoms with Crippen LogP contribution in [0.2, 0.25) is 0 Å². The van der Waals surface area contributed by atoms with Gasteiger partial charge in [0.15, 0.2) is 0 Å². The van der Waals surface area contributed by atoms with Crippen LogP contribution < -0.4 is 15.1 Å². The predicted molar refractivity (Wildman–Crippen MR) is 114 cm³/mol. The molecule has 7 nitrogen and oxygen atoms in total. The van der Waals surface area contributed by atoms with E-state index >= 15 is 0 Å². The van der Waals surface area contributed by atoms with Crippen LogP contribution in [0.5, 0.6) is 0 Å². The topological polar surface area (TPSA) is 78.4 Å². The lowest BCUT2D eigenvalue weighted by molar-refractivity contribution is -0.122. The summed E-state index contributed by atoms with van der Waals surface area (Å²) < 4.78 is 0. The third-order valence-electron chi connectivity index (χ3n) is 5.61. The highest BCUT2D eigenvalue weighted by Crippen LogP contribution is 2.33. The molecule has 4 rings (SSSR count). The van der Waals surface area contributed by atoms with E-state index in [1.165, 1.54) is 16.9 Å². The molecule has 29 heavy (non-hydrogen) atoms. The second kappa shape index (κ2) is 8.90. The van der Waals surface area contributed by atoms with Crippen molar-refractivity contribution < 1.29 is 9.59 Å². The monoisotopic (exact) mass is 413 g/mol. The smallest absolute Gasteiger partial charge is 0.242 e. The number of nitrogens with zero attached hydrogens (tertiary/aromatic N) is 4. The van der Waals surface area contributed by atoms with Gasteiger partial charge < -0.3 is 10.2 Å². The van der Waals surface area contributed by atoms with Crippen LogP contribution in [0.15, 0.2) is 30.3 Å². The van der Waals surface area contributed by atoms with Crippen molar-refractivity contribution in [2.24, 2.45) is 0 Å². The molecule has 2 aliphatic heterocycles. The minimum Gasteiger partial charge on any atom is -0.352 e. The van der Waals surface area contributed by atoms with E-state index in [2.05, 4.69) is 34.6 Å². The zero-order chi connectivity index (χ0) is 20.2. The SMILES string of the molecule is C[C@@H](CCc1ccccc1)NC(=O)[C@@H]1CCCN1c1nnc(N2CCCC2=O)s1. The molecule has 0 saturated carbocycles. The molecule has 0 unspecified atom stereocenters. The fraction of sp³-hybridized carbons (Fsp3) is 0.524. The van der Waals surface area contributed by atoms with Gasteiger partial charge in [-0.2, -0.15) is 0 Å². The third-order valence-corrected chi connectivity index (χ3v) is 6.59. The molecule has 2 saturated heterocycles. The van der Waals surface area contributed by atoms with E-state index in [9.17, 15) is 9.59 Å². The van der Waals surface area contributed by atoms with Gasteiger partial charge in [-0.05, 0) is 44.6 Å². The van der Waals surface area contributed by atoms with Crippen molar-refractivity contribution >= 4 is 33.4 Å². The van der Waals surface area contributed by atoms with E-state index in [0.717, 1.165) is 43.8 Å². The molecule has 1 aromatic carbocycles. The van der Waals surface area contributed by atoms with Crippen LogP contribution in [-0.4, -0.2) is 47.2 Å². The van der Waals surface area contributed by atoms with Gasteiger partial charge in [0.05, 0.1) is 0 Å². The average molecular weight is 414 g/mol. The highest BCUT2D eigenvalue weighted by Gasteiger charge is 2.34. The van der Waals surface area contributed by atoms with Crippen molar-refractivity contribution in [2.45, 2.75) is 57.5 Å². The van der Waals surface area contributed by atoms with Crippen LogP contribution in [0.25, 0.3) is 0 Å². The first-order valence-corrected chi connectivity index (χ1v) is 11.2. The van der Waals surface area contributed by atoms with Crippen molar-refractivity contribution in [3.05, 3.63) is 35.9 Å². The number of hydrogen-bond acceptors (Lipinski definition) is 6. The maximum absolute atomic E-state index is 12.9. The van der Waals surface area contributed by atoms with Gasteiger partial charge in [-0.25, -0.2) is 0 Å². The maximum Gasteiger partial charge on any atom is 0.242 e. The lowest BCUT2D eigenvalue weighted by atomic mass is 10.1. The molecule has 154 valence electrons. The van der Waals surface area contributed by atoms with Crippen molar-refractivity contribution in [1.29, 1.82) is 0 Å². The number of aromatic nitrogens is 2. The molecule has 0 radical (unpaired) electrons. The summed E-state index contributed by atoms with van der Waals surface area (Å²) in [5.74, 6) is 0.160. The highest BCUT2D eigenvalue weighted by atomic mass is 32.1. The molecule has 2 atom stereocenters. The molecule has 8 heteroatoms. The Labute approximate surface area is 175 Å². The van der Waals surface area contributed by atoms with Gasteiger partial charge in [0, 0.05) is 25.6 Å². The van der Waals surface area contributed by atoms with Gasteiger partial charge >= 0.3 is 0 Å². The maximum atomic E-state index is 12.9. The summed E-state index contributed by atoms with van der Waals surface area (Å²) in [4.78, 5) is 28.6. The number of aryl methyl sites for hydroxylation is 1. The largest absolute Gasteiger partial charge is 0.352 e. The van der Waals surface area contributed by atoms with E-state index in [1.807, 2.05) is 23.1 Å². The minimum absolute atomic E-state index is 0.0528. The average Bonchev–Trinajstić information content (AvgIpc) is 3.46. The summed E-state index contributed by atoms with van der Waals surface area (Å²) in [6.45, 7) is 3.55. The quantitative estimate of drug-likeness (QED) is 0.755. The first-order chi connectivity index (χ1) is 14.1. The van der Waals surface area contributed by atoms with Crippen molar-refractivity contribution in [3.63, 3.8) is 0 Å². The standard InChI is InChI=1S/C21H27N5O2S/c1-15(11-12-16-7-3-2-4-8-16)22-19(28)17-9-5-13-25(17)20-23-24-21(29-20)26-14-6-10-18(26)27/h2-4,7-8,15,17H,5-6,9-14H2,1H3,(H,22,28)/t15-,17-/m0/s1. The molecule has 2 fully saturated rings. The molecule has 0 bridgehead atoms. The first-order valence-electron chi connectivity index (χ1n) is 10.4. The number of anilines is 2. The molecule has 0 spiro atoms. The Balaban J connectivity index is 1.34. The Bertz CT molecular complexity index is 856. The number of benzene rings is 1. The zero-order valence-electron chi connectivity index (χ0n) is 16.7. The van der Waals surface area contributed by atoms with E-state index in [4.69, 9.17) is 0 Å². The van der Waals surface area contributed by atoms with Crippen molar-refractivity contribution in [1.82, 2.24) is 15.5 Å². The molecule has 2 aromatic rings. The summed E-state index contributed by atoms with van der Waals surface area (Å²) in [6, 6.07) is 10.2. The van der Waals surface area contributed by atoms with Gasteiger partial charge in [-0.1, -0.05) is 41.7 Å². The summed E-state index contributed by atoms with van der Waals surface area (Å²) in [6.07, 6.45) is 5.06. The molecule has 2 aliphatic rings. The number of carbonyl (C=O) groups is 2. The van der Waals surface area contributed by atoms with E-state index in [1.54, 1.807) is 4.90 Å². The predicted octanol–water partition coefficient (Wildman–Crippen LogP) is 2.77. The van der Waals surface area contributed by atoms with Crippen LogP contribution >= 0.6 is 11.3 Å². The fourth-order valence-electron chi connectivity index (χ4n) is 3.99. The molecule has 0 aliphatic carbocycles. The molecular weight excluding hydrogens is 386 g/mol. The Morgan fingerprint density at radius 3 is 2.76 bits per heavy atom. The normalized spacial score (nSPS) is 20.3. The Hall–Kier alpha value is -2.48. The summed E-state index contributed by atoms with van der Waals surface area (Å²) >= 11 is 1.41. The number of nitrogens with one attached hydrogen (secondary N) is 1. The molecule has 1 N–H and O–H groups in total. The highest BCUT2D eigenvalue weighted by molar-refractivity contribution is 7.19. The summed E-state index contributed by atoms with van der Waals surface area (Å²) in [7, 11) is 0. The van der Waals surface area contributed by atoms with Gasteiger partial charge in [0.25, 0.3) is 0 Å². The van der Waals surface area contributed by atoms with E-state index in [0.29, 0.717) is 18.1 Å². The van der Waals surface area contributed by atoms with Crippen LogP contribution in [-0.2, 0) is 16.0 Å². The molecule has 3 heterocycles. The minimum atomic E-state index is -0.218. The summed E-state index contributed by atoms with van der Waals surface area (Å²) in [5.41, 5.74) is 1.29. The van der Waals surface area contributed by atoms with Gasteiger partial charge in [-0.3, -0.25) is 14.5 Å². The Kier molecular flexibility index (Phi) is 6.08. The van der Waals surface area contributed by atoms with Crippen LogP contribution in [0, 0.1) is 0 Å². The van der Waals surface area contributed by atoms with E-state index in [-0.39, 0.29) is 23.9 Å². The summed E-state index contributed by atoms with van der Waals surface area (Å²) in [5, 5.41) is 13.0. The third kappa shape index (κ3) is 4.58. The van der Waals surface area contributed by atoms with Crippen LogP contribution in [0.1, 0.15) is 44.6 Å². The first kappa shape index (κ1) is 19.8. The lowest BCUT2D eigenvalue weighted by Gasteiger charge is -2.24. The second-order valence-electron chi connectivity index (χ2n) is 7.80.